The minimum absolute atomic E-state index is 0. The van der Waals surface area contributed by atoms with Crippen LogP contribution in [-0.4, -0.2) is 66.4 Å². The number of hydrogen-bond acceptors (Lipinski definition) is 3. The molecule has 22 heavy (non-hydrogen) atoms. The van der Waals surface area contributed by atoms with Gasteiger partial charge >= 0.3 is 51.4 Å². The van der Waals surface area contributed by atoms with E-state index in [0.717, 1.165) is 12.8 Å². The Kier molecular flexibility index (Phi) is 14.6. The van der Waals surface area contributed by atoms with Gasteiger partial charge in [-0.25, -0.2) is 0 Å². The van der Waals surface area contributed by atoms with Crippen LogP contribution in [0.15, 0.2) is 35.2 Å². The summed E-state index contributed by atoms with van der Waals surface area (Å²) in [7, 11) is -3.57. The number of hydrogen-bond donors (Lipinski definition) is 0. The van der Waals surface area contributed by atoms with Gasteiger partial charge in [-0.1, -0.05) is 76.5 Å². The van der Waals surface area contributed by atoms with Crippen molar-refractivity contribution in [2.45, 2.75) is 69.6 Å². The van der Waals surface area contributed by atoms with E-state index >= 15 is 0 Å². The van der Waals surface area contributed by atoms with Crippen LogP contribution < -0.4 is 0 Å². The molecule has 0 saturated carbocycles. The van der Waals surface area contributed by atoms with Crippen LogP contribution in [0, 0.1) is 0 Å². The van der Waals surface area contributed by atoms with E-state index in [1.54, 1.807) is 30.3 Å². The Hall–Kier alpha value is 0.766. The van der Waals surface area contributed by atoms with Gasteiger partial charge in [0.1, 0.15) is 0 Å². The van der Waals surface area contributed by atoms with E-state index in [-0.39, 0.29) is 62.9 Å². The number of benzene rings is 1. The van der Waals surface area contributed by atoms with Crippen molar-refractivity contribution in [3.05, 3.63) is 30.3 Å². The van der Waals surface area contributed by atoms with Crippen molar-refractivity contribution in [2.24, 2.45) is 0 Å². The SMILES string of the molecule is CCCCCCCCCCCOS(=O)(=O)c1ccccc1.[KH]. The minimum atomic E-state index is -3.57. The molecule has 0 aromatic heterocycles. The van der Waals surface area contributed by atoms with Crippen LogP contribution in [-0.2, 0) is 14.3 Å². The maximum absolute atomic E-state index is 11.8. The summed E-state index contributed by atoms with van der Waals surface area (Å²) in [4.78, 5) is 0.237. The van der Waals surface area contributed by atoms with Crippen molar-refractivity contribution in [1.82, 2.24) is 0 Å². The summed E-state index contributed by atoms with van der Waals surface area (Å²) in [6.45, 7) is 2.51. The van der Waals surface area contributed by atoms with Gasteiger partial charge < -0.3 is 0 Å². The van der Waals surface area contributed by atoms with Crippen molar-refractivity contribution in [3.63, 3.8) is 0 Å². The molecule has 0 N–H and O–H groups in total. The molecular weight excluding hydrogens is 323 g/mol. The summed E-state index contributed by atoms with van der Waals surface area (Å²) in [5, 5.41) is 0. The third kappa shape index (κ3) is 10.5. The Balaban J connectivity index is 0.00000441. The van der Waals surface area contributed by atoms with Crippen LogP contribution >= 0.6 is 0 Å². The number of rotatable bonds is 12. The number of unbranched alkanes of at least 4 members (excludes halogenated alkanes) is 8. The second kappa shape index (κ2) is 14.1. The Bertz CT molecular complexity index is 460. The molecule has 0 atom stereocenters. The summed E-state index contributed by atoms with van der Waals surface area (Å²) in [5.74, 6) is 0. The second-order valence-corrected chi connectivity index (χ2v) is 7.03. The third-order valence-electron chi connectivity index (χ3n) is 3.52. The summed E-state index contributed by atoms with van der Waals surface area (Å²) < 4.78 is 28.7. The van der Waals surface area contributed by atoms with Gasteiger partial charge in [0.05, 0.1) is 11.5 Å². The Morgan fingerprint density at radius 1 is 0.818 bits per heavy atom. The average Bonchev–Trinajstić information content (AvgIpc) is 2.50. The predicted octanol–water partition coefficient (Wildman–Crippen LogP) is 4.27. The van der Waals surface area contributed by atoms with Gasteiger partial charge in [-0.15, -0.1) is 0 Å². The molecule has 0 radical (unpaired) electrons. The van der Waals surface area contributed by atoms with Gasteiger partial charge in [-0.2, -0.15) is 8.42 Å². The second-order valence-electron chi connectivity index (χ2n) is 5.42. The van der Waals surface area contributed by atoms with Crippen LogP contribution in [0.25, 0.3) is 0 Å². The first-order valence-electron chi connectivity index (χ1n) is 8.11. The third-order valence-corrected chi connectivity index (χ3v) is 4.84. The quantitative estimate of drug-likeness (QED) is 0.320. The van der Waals surface area contributed by atoms with Gasteiger partial charge in [0, 0.05) is 0 Å². The van der Waals surface area contributed by atoms with E-state index in [0.29, 0.717) is 0 Å². The monoisotopic (exact) mass is 352 g/mol. The first-order valence-corrected chi connectivity index (χ1v) is 9.52. The molecule has 0 fully saturated rings. The van der Waals surface area contributed by atoms with E-state index in [1.807, 2.05) is 0 Å². The summed E-state index contributed by atoms with van der Waals surface area (Å²) >= 11 is 0. The van der Waals surface area contributed by atoms with Crippen molar-refractivity contribution in [1.29, 1.82) is 0 Å². The zero-order valence-electron chi connectivity index (χ0n) is 13.1. The van der Waals surface area contributed by atoms with Crippen molar-refractivity contribution in [2.75, 3.05) is 6.61 Å². The van der Waals surface area contributed by atoms with E-state index in [9.17, 15) is 8.42 Å². The Morgan fingerprint density at radius 3 is 1.86 bits per heavy atom. The van der Waals surface area contributed by atoms with Gasteiger partial charge in [0.2, 0.25) is 0 Å². The molecular formula is C17H29KO3S. The Morgan fingerprint density at radius 2 is 1.32 bits per heavy atom. The zero-order valence-corrected chi connectivity index (χ0v) is 13.9. The van der Waals surface area contributed by atoms with E-state index in [4.69, 9.17) is 4.18 Å². The summed E-state index contributed by atoms with van der Waals surface area (Å²) in [5.41, 5.74) is 0. The molecule has 0 aliphatic heterocycles. The molecule has 0 bridgehead atoms. The predicted molar refractivity (Wildman–Crippen MR) is 94.0 cm³/mol. The molecule has 0 aliphatic carbocycles. The molecule has 0 heterocycles. The fourth-order valence-corrected chi connectivity index (χ4v) is 3.20. The van der Waals surface area contributed by atoms with E-state index in [1.165, 1.54) is 44.9 Å². The van der Waals surface area contributed by atoms with Gasteiger partial charge in [0.15, 0.2) is 0 Å². The molecule has 0 saturated heterocycles. The fourth-order valence-electron chi connectivity index (χ4n) is 2.24. The topological polar surface area (TPSA) is 43.4 Å². The van der Waals surface area contributed by atoms with Crippen molar-refractivity contribution >= 4 is 61.5 Å². The molecule has 0 amide bonds. The van der Waals surface area contributed by atoms with Crippen LogP contribution in [0.4, 0.5) is 0 Å². The summed E-state index contributed by atoms with van der Waals surface area (Å²) in [6, 6.07) is 8.32. The molecule has 5 heteroatoms. The molecule has 1 aromatic rings. The molecule has 0 unspecified atom stereocenters. The molecule has 0 spiro atoms. The van der Waals surface area contributed by atoms with Gasteiger partial charge in [-0.05, 0) is 18.6 Å². The first kappa shape index (κ1) is 22.8. The maximum atomic E-state index is 11.8. The van der Waals surface area contributed by atoms with Crippen LogP contribution in [0.3, 0.4) is 0 Å². The van der Waals surface area contributed by atoms with Gasteiger partial charge in [-0.3, -0.25) is 4.18 Å². The average molecular weight is 353 g/mol. The molecule has 3 nitrogen and oxygen atoms in total. The van der Waals surface area contributed by atoms with E-state index in [2.05, 4.69) is 6.92 Å². The normalized spacial score (nSPS) is 11.1. The summed E-state index contributed by atoms with van der Waals surface area (Å²) in [6.07, 6.45) is 10.8. The fraction of sp³-hybridized carbons (Fsp3) is 0.647. The van der Waals surface area contributed by atoms with E-state index < -0.39 is 10.1 Å². The van der Waals surface area contributed by atoms with Crippen molar-refractivity contribution in [3.8, 4) is 0 Å². The van der Waals surface area contributed by atoms with Gasteiger partial charge in [0.25, 0.3) is 10.1 Å². The molecule has 0 aliphatic rings. The standard InChI is InChI=1S/C17H28O3S.K.H/c1-2-3-4-5-6-7-8-9-13-16-20-21(18,19)17-14-11-10-12-15-17;;/h10-12,14-15H,2-9,13,16H2,1H3;;. The Labute approximate surface area is 178 Å². The zero-order chi connectivity index (χ0) is 15.4. The molecule has 122 valence electrons. The molecule has 1 rings (SSSR count). The van der Waals surface area contributed by atoms with Crippen molar-refractivity contribution < 1.29 is 12.6 Å². The van der Waals surface area contributed by atoms with Crippen LogP contribution in [0.5, 0.6) is 0 Å². The first-order chi connectivity index (χ1) is 10.2. The van der Waals surface area contributed by atoms with Crippen LogP contribution in [0.2, 0.25) is 0 Å². The van der Waals surface area contributed by atoms with Crippen LogP contribution in [0.1, 0.15) is 64.7 Å². The molecule has 1 aromatic carbocycles.